The molecule has 0 saturated heterocycles. The second-order valence-electron chi connectivity index (χ2n) is 4.05. The van der Waals surface area contributed by atoms with Crippen LogP contribution in [0.2, 0.25) is 0 Å². The number of aliphatic hydroxyl groups excluding tert-OH is 1. The van der Waals surface area contributed by atoms with Crippen molar-refractivity contribution in [2.45, 2.75) is 0 Å². The minimum atomic E-state index is 0. The maximum atomic E-state index is 9.64. The lowest BCUT2D eigenvalue weighted by Crippen LogP contribution is -1.85. The quantitative estimate of drug-likeness (QED) is 0.469. The molecule has 0 fully saturated rings. The van der Waals surface area contributed by atoms with Gasteiger partial charge in [0.15, 0.2) is 0 Å². The first-order valence-corrected chi connectivity index (χ1v) is 6.31. The van der Waals surface area contributed by atoms with E-state index in [1.807, 2.05) is 60.7 Å². The van der Waals surface area contributed by atoms with Crippen LogP contribution in [0.15, 0.2) is 89.8 Å². The zero-order valence-electron chi connectivity index (χ0n) is 11.4. The normalized spacial score (nSPS) is 11.5. The Labute approximate surface area is 130 Å². The molecule has 0 amide bonds. The van der Waals surface area contributed by atoms with Crippen LogP contribution in [-0.4, -0.2) is 11.3 Å². The van der Waals surface area contributed by atoms with Crippen molar-refractivity contribution in [1.82, 2.24) is 0 Å². The molecule has 108 valence electrons. The number of hydrogen-bond acceptors (Lipinski definition) is 3. The Morgan fingerprint density at radius 2 is 1.57 bits per heavy atom. The summed E-state index contributed by atoms with van der Waals surface area (Å²) in [6.07, 6.45) is 6.46. The van der Waals surface area contributed by atoms with Crippen molar-refractivity contribution in [3.8, 4) is 0 Å². The van der Waals surface area contributed by atoms with Crippen LogP contribution in [-0.2, 0) is 0 Å². The van der Waals surface area contributed by atoms with Gasteiger partial charge in [0.25, 0.3) is 0 Å². The number of hydrogen-bond donors (Lipinski definition) is 2. The molecule has 0 spiro atoms. The highest BCUT2D eigenvalue weighted by molar-refractivity contribution is 5.85. The molecule has 4 heteroatoms. The molecule has 2 aromatic carbocycles. The summed E-state index contributed by atoms with van der Waals surface area (Å²) in [5.41, 5.74) is 1.80. The summed E-state index contributed by atoms with van der Waals surface area (Å²) in [6.45, 7) is 0. The zero-order chi connectivity index (χ0) is 14.0. The van der Waals surface area contributed by atoms with E-state index in [0.717, 1.165) is 11.4 Å². The summed E-state index contributed by atoms with van der Waals surface area (Å²) in [5, 5.41) is 12.7. The van der Waals surface area contributed by atoms with Crippen LogP contribution < -0.4 is 5.32 Å². The number of nitrogens with one attached hydrogen (secondary N) is 1. The molecule has 2 N–H and O–H groups in total. The molecular formula is C17H17ClN2O. The minimum Gasteiger partial charge on any atom is -0.506 e. The van der Waals surface area contributed by atoms with E-state index in [4.69, 9.17) is 0 Å². The number of rotatable bonds is 5. The first-order chi connectivity index (χ1) is 9.84. The molecule has 21 heavy (non-hydrogen) atoms. The van der Waals surface area contributed by atoms with Gasteiger partial charge in [0.1, 0.15) is 5.76 Å². The standard InChI is InChI=1S/C17H16N2O.ClH/c20-17(14-19-16-10-5-2-6-11-16)12-7-13-18-15-8-3-1-4-9-15;/h1-14,18,20H;1H/b13-7+,17-12-,19-14?;. The van der Waals surface area contributed by atoms with E-state index in [1.165, 1.54) is 6.21 Å². The third kappa shape index (κ3) is 6.45. The third-order valence-electron chi connectivity index (χ3n) is 2.49. The fourth-order valence-corrected chi connectivity index (χ4v) is 1.52. The van der Waals surface area contributed by atoms with Gasteiger partial charge in [-0.15, -0.1) is 12.4 Å². The molecule has 0 saturated carbocycles. The Morgan fingerprint density at radius 3 is 2.24 bits per heavy atom. The van der Waals surface area contributed by atoms with E-state index >= 15 is 0 Å². The molecule has 0 aliphatic carbocycles. The van der Waals surface area contributed by atoms with Gasteiger partial charge in [-0.3, -0.25) is 4.99 Å². The Morgan fingerprint density at radius 1 is 0.952 bits per heavy atom. The summed E-state index contributed by atoms with van der Waals surface area (Å²) in [4.78, 5) is 4.15. The Hall–Kier alpha value is -2.52. The van der Waals surface area contributed by atoms with Crippen LogP contribution in [0.25, 0.3) is 0 Å². The predicted molar refractivity (Wildman–Crippen MR) is 91.8 cm³/mol. The molecule has 0 atom stereocenters. The average molecular weight is 301 g/mol. The van der Waals surface area contributed by atoms with E-state index in [1.54, 1.807) is 18.4 Å². The SMILES string of the molecule is Cl.O/C(C=Nc1ccccc1)=C\C=C\Nc1ccccc1. The van der Waals surface area contributed by atoms with Crippen molar-refractivity contribution in [2.24, 2.45) is 4.99 Å². The summed E-state index contributed by atoms with van der Waals surface area (Å²) in [5.74, 6) is 0.0972. The van der Waals surface area contributed by atoms with E-state index in [2.05, 4.69) is 10.3 Å². The second kappa shape index (κ2) is 9.39. The van der Waals surface area contributed by atoms with Crippen molar-refractivity contribution in [2.75, 3.05) is 5.32 Å². The van der Waals surface area contributed by atoms with Gasteiger partial charge in [-0.1, -0.05) is 36.4 Å². The van der Waals surface area contributed by atoms with Crippen LogP contribution in [0.5, 0.6) is 0 Å². The number of aliphatic imine (C=N–C) groups is 1. The Kier molecular flexibility index (Phi) is 7.40. The molecule has 2 rings (SSSR count). The highest BCUT2D eigenvalue weighted by atomic mass is 35.5. The number of aliphatic hydroxyl groups is 1. The number of nitrogens with zero attached hydrogens (tertiary/aromatic N) is 1. The predicted octanol–water partition coefficient (Wildman–Crippen LogP) is 4.88. The number of anilines is 1. The van der Waals surface area contributed by atoms with Gasteiger partial charge in [-0.25, -0.2) is 0 Å². The van der Waals surface area contributed by atoms with E-state index in [0.29, 0.717) is 0 Å². The van der Waals surface area contributed by atoms with Gasteiger partial charge in [0.05, 0.1) is 11.9 Å². The summed E-state index contributed by atoms with van der Waals surface area (Å²) < 4.78 is 0. The van der Waals surface area contributed by atoms with Crippen LogP contribution in [0.3, 0.4) is 0 Å². The molecule has 0 unspecified atom stereocenters. The van der Waals surface area contributed by atoms with Gasteiger partial charge in [0, 0.05) is 11.9 Å². The third-order valence-corrected chi connectivity index (χ3v) is 2.49. The van der Waals surface area contributed by atoms with Crippen molar-refractivity contribution >= 4 is 30.0 Å². The lowest BCUT2D eigenvalue weighted by molar-refractivity contribution is 0.446. The van der Waals surface area contributed by atoms with Crippen molar-refractivity contribution < 1.29 is 5.11 Å². The highest BCUT2D eigenvalue weighted by Gasteiger charge is 1.87. The largest absolute Gasteiger partial charge is 0.506 e. The van der Waals surface area contributed by atoms with E-state index < -0.39 is 0 Å². The van der Waals surface area contributed by atoms with Crippen molar-refractivity contribution in [3.05, 3.63) is 84.8 Å². The monoisotopic (exact) mass is 300 g/mol. The van der Waals surface area contributed by atoms with Crippen LogP contribution >= 0.6 is 12.4 Å². The fraction of sp³-hybridized carbons (Fsp3) is 0. The van der Waals surface area contributed by atoms with E-state index in [9.17, 15) is 5.11 Å². The van der Waals surface area contributed by atoms with Crippen LogP contribution in [0.1, 0.15) is 0 Å². The number of allylic oxidation sites excluding steroid dienone is 3. The van der Waals surface area contributed by atoms with Gasteiger partial charge < -0.3 is 10.4 Å². The Balaban J connectivity index is 0.00000220. The molecule has 0 bridgehead atoms. The lowest BCUT2D eigenvalue weighted by atomic mass is 10.3. The molecule has 3 nitrogen and oxygen atoms in total. The second-order valence-corrected chi connectivity index (χ2v) is 4.05. The van der Waals surface area contributed by atoms with E-state index in [-0.39, 0.29) is 18.2 Å². The van der Waals surface area contributed by atoms with Crippen LogP contribution in [0.4, 0.5) is 11.4 Å². The first kappa shape index (κ1) is 16.5. The summed E-state index contributed by atoms with van der Waals surface area (Å²) in [7, 11) is 0. The smallest absolute Gasteiger partial charge is 0.133 e. The zero-order valence-corrected chi connectivity index (χ0v) is 12.2. The van der Waals surface area contributed by atoms with Crippen LogP contribution in [0, 0.1) is 0 Å². The molecule has 0 radical (unpaired) electrons. The first-order valence-electron chi connectivity index (χ1n) is 6.31. The topological polar surface area (TPSA) is 44.6 Å². The van der Waals surface area contributed by atoms with Gasteiger partial charge in [-0.05, 0) is 36.4 Å². The fourth-order valence-electron chi connectivity index (χ4n) is 1.52. The number of benzene rings is 2. The molecule has 0 heterocycles. The lowest BCUT2D eigenvalue weighted by Gasteiger charge is -1.97. The Bertz CT molecular complexity index is 607. The van der Waals surface area contributed by atoms with Gasteiger partial charge in [0.2, 0.25) is 0 Å². The molecule has 0 aliphatic rings. The number of halogens is 1. The summed E-state index contributed by atoms with van der Waals surface area (Å²) in [6, 6.07) is 19.3. The molecule has 0 aromatic heterocycles. The molecule has 0 aliphatic heterocycles. The average Bonchev–Trinajstić information content (AvgIpc) is 2.52. The molecule has 2 aromatic rings. The highest BCUT2D eigenvalue weighted by Crippen LogP contribution is 2.09. The maximum Gasteiger partial charge on any atom is 0.133 e. The van der Waals surface area contributed by atoms with Crippen molar-refractivity contribution in [3.63, 3.8) is 0 Å². The van der Waals surface area contributed by atoms with Gasteiger partial charge >= 0.3 is 0 Å². The minimum absolute atomic E-state index is 0. The number of para-hydroxylation sites is 2. The summed E-state index contributed by atoms with van der Waals surface area (Å²) >= 11 is 0. The van der Waals surface area contributed by atoms with Gasteiger partial charge in [-0.2, -0.15) is 0 Å². The maximum absolute atomic E-state index is 9.64. The van der Waals surface area contributed by atoms with Crippen molar-refractivity contribution in [1.29, 1.82) is 0 Å². The molecular weight excluding hydrogens is 284 g/mol.